The highest BCUT2D eigenvalue weighted by molar-refractivity contribution is 5.65. The molecule has 0 aliphatic rings. The van der Waals surface area contributed by atoms with Gasteiger partial charge in [-0.05, 0) is 25.7 Å². The Kier molecular flexibility index (Phi) is 9.28. The lowest BCUT2D eigenvalue weighted by atomic mass is 10.1. The van der Waals surface area contributed by atoms with E-state index in [1.165, 1.54) is 0 Å². The third-order valence-corrected chi connectivity index (χ3v) is 3.89. The molecule has 0 aromatic heterocycles. The largest absolute Gasteiger partial charge is 0.544 e. The molecule has 0 fully saturated rings. The molecule has 22 heavy (non-hydrogen) atoms. The average Bonchev–Trinajstić information content (AvgIpc) is 2.28. The second kappa shape index (κ2) is 9.79. The Morgan fingerprint density at radius 2 is 0.909 bits per heavy atom. The molecular formula is C16H32N2O4. The van der Waals surface area contributed by atoms with Crippen molar-refractivity contribution in [2.24, 2.45) is 0 Å². The van der Waals surface area contributed by atoms with Crippen molar-refractivity contribution in [1.29, 1.82) is 0 Å². The van der Waals surface area contributed by atoms with Crippen LogP contribution in [0.3, 0.4) is 0 Å². The Morgan fingerprint density at radius 1 is 0.636 bits per heavy atom. The molecule has 6 heteroatoms. The molecule has 0 saturated carbocycles. The third kappa shape index (κ3) is 12.6. The first-order valence-corrected chi connectivity index (χ1v) is 8.08. The van der Waals surface area contributed by atoms with E-state index in [1.807, 2.05) is 28.2 Å². The highest BCUT2D eigenvalue weighted by Gasteiger charge is 2.15. The fourth-order valence-electron chi connectivity index (χ4n) is 2.64. The van der Waals surface area contributed by atoms with Gasteiger partial charge in [-0.1, -0.05) is 12.8 Å². The lowest BCUT2D eigenvalue weighted by Gasteiger charge is -2.30. The minimum atomic E-state index is -0.998. The summed E-state index contributed by atoms with van der Waals surface area (Å²) in [6.45, 7) is 1.82. The predicted octanol–water partition coefficient (Wildman–Crippen LogP) is -1.02. The van der Waals surface area contributed by atoms with Crippen molar-refractivity contribution in [2.75, 3.05) is 54.4 Å². The Labute approximate surface area is 134 Å². The van der Waals surface area contributed by atoms with Crippen molar-refractivity contribution in [3.8, 4) is 0 Å². The molecule has 0 unspecified atom stereocenters. The van der Waals surface area contributed by atoms with Gasteiger partial charge >= 0.3 is 0 Å². The number of aliphatic carboxylic acids is 2. The molecule has 0 spiro atoms. The van der Waals surface area contributed by atoms with Crippen molar-refractivity contribution in [1.82, 2.24) is 0 Å². The van der Waals surface area contributed by atoms with E-state index in [2.05, 4.69) is 0 Å². The molecule has 0 bridgehead atoms. The van der Waals surface area contributed by atoms with Crippen LogP contribution in [0.25, 0.3) is 0 Å². The summed E-state index contributed by atoms with van der Waals surface area (Å²) >= 11 is 0. The van der Waals surface area contributed by atoms with Gasteiger partial charge in [-0.15, -0.1) is 0 Å². The van der Waals surface area contributed by atoms with Crippen LogP contribution in [0.15, 0.2) is 0 Å². The Morgan fingerprint density at radius 3 is 1.18 bits per heavy atom. The number of unbranched alkanes of at least 4 members (excludes halogenated alkanes) is 5. The number of rotatable bonds is 13. The third-order valence-electron chi connectivity index (χ3n) is 3.89. The van der Waals surface area contributed by atoms with Gasteiger partial charge in [-0.25, -0.2) is 0 Å². The number of carbonyl (C=O) groups is 2. The van der Waals surface area contributed by atoms with Crippen molar-refractivity contribution in [3.05, 3.63) is 0 Å². The first-order valence-electron chi connectivity index (χ1n) is 8.08. The van der Waals surface area contributed by atoms with Crippen LogP contribution in [0.5, 0.6) is 0 Å². The highest BCUT2D eigenvalue weighted by Crippen LogP contribution is 2.10. The van der Waals surface area contributed by atoms with Crippen LogP contribution in [-0.2, 0) is 9.59 Å². The van der Waals surface area contributed by atoms with E-state index in [9.17, 15) is 19.8 Å². The smallest absolute Gasteiger partial charge is 0.119 e. The zero-order valence-electron chi connectivity index (χ0n) is 14.6. The Balaban J connectivity index is 3.59. The maximum Gasteiger partial charge on any atom is 0.119 e. The number of carboxylic acid groups (broad SMARTS) is 2. The topological polar surface area (TPSA) is 80.3 Å². The SMILES string of the molecule is C[N+](C)(CCCCCCCC[N+](C)(C)CC(=O)[O-])CC(=O)[O-]. The number of carboxylic acids is 2. The van der Waals surface area contributed by atoms with Crippen LogP contribution in [0, 0.1) is 0 Å². The summed E-state index contributed by atoms with van der Waals surface area (Å²) < 4.78 is 0.939. The second-order valence-corrected chi connectivity index (χ2v) is 7.50. The average molecular weight is 316 g/mol. The molecule has 0 atom stereocenters. The maximum absolute atomic E-state index is 10.6. The molecule has 0 aromatic carbocycles. The van der Waals surface area contributed by atoms with Gasteiger partial charge in [-0.2, -0.15) is 0 Å². The summed E-state index contributed by atoms with van der Waals surface area (Å²) in [5.74, 6) is -2.00. The van der Waals surface area contributed by atoms with Gasteiger partial charge in [0.1, 0.15) is 13.1 Å². The van der Waals surface area contributed by atoms with E-state index in [-0.39, 0.29) is 13.1 Å². The standard InChI is InChI=1S/C16H32N2O4/c1-17(2,13-15(19)20)11-9-7-5-6-8-10-12-18(3,4)14-16(21)22/h5-14H2,1-4H3. The van der Waals surface area contributed by atoms with Gasteiger partial charge < -0.3 is 28.8 Å². The van der Waals surface area contributed by atoms with Crippen LogP contribution in [0.4, 0.5) is 0 Å². The Bertz CT molecular complexity index is 320. The molecule has 0 amide bonds. The van der Waals surface area contributed by atoms with E-state index < -0.39 is 11.9 Å². The molecule has 0 rings (SSSR count). The van der Waals surface area contributed by atoms with E-state index in [1.54, 1.807) is 0 Å². The zero-order valence-corrected chi connectivity index (χ0v) is 14.6. The van der Waals surface area contributed by atoms with Crippen LogP contribution in [0.1, 0.15) is 38.5 Å². The molecule has 6 nitrogen and oxygen atoms in total. The van der Waals surface area contributed by atoms with Crippen molar-refractivity contribution in [2.45, 2.75) is 38.5 Å². The van der Waals surface area contributed by atoms with Gasteiger partial charge in [-0.3, -0.25) is 0 Å². The second-order valence-electron chi connectivity index (χ2n) is 7.50. The van der Waals surface area contributed by atoms with Crippen LogP contribution in [-0.4, -0.2) is 75.3 Å². The van der Waals surface area contributed by atoms with Gasteiger partial charge in [0.15, 0.2) is 0 Å². The van der Waals surface area contributed by atoms with Gasteiger partial charge in [0, 0.05) is 0 Å². The highest BCUT2D eigenvalue weighted by atomic mass is 16.4. The summed E-state index contributed by atoms with van der Waals surface area (Å²) in [5, 5.41) is 21.2. The fourth-order valence-corrected chi connectivity index (χ4v) is 2.64. The first-order chi connectivity index (χ1) is 10.0. The van der Waals surface area contributed by atoms with E-state index in [0.29, 0.717) is 8.97 Å². The number of nitrogens with zero attached hydrogens (tertiary/aromatic N) is 2. The molecule has 130 valence electrons. The lowest BCUT2D eigenvalue weighted by Crippen LogP contribution is -2.48. The fraction of sp³-hybridized carbons (Fsp3) is 0.875. The summed E-state index contributed by atoms with van der Waals surface area (Å²) in [7, 11) is 7.64. The number of likely N-dealkylation sites (N-methyl/N-ethyl adjacent to an activating group) is 2. The summed E-state index contributed by atoms with van der Waals surface area (Å²) in [4.78, 5) is 21.2. The van der Waals surface area contributed by atoms with Gasteiger partial charge in [0.05, 0.1) is 53.2 Å². The predicted molar refractivity (Wildman–Crippen MR) is 81.4 cm³/mol. The normalized spacial score (nSPS) is 12.4. The van der Waals surface area contributed by atoms with Crippen LogP contribution >= 0.6 is 0 Å². The van der Waals surface area contributed by atoms with E-state index in [4.69, 9.17) is 0 Å². The zero-order chi connectivity index (χ0) is 17.2. The number of quaternary nitrogens is 2. The molecule has 0 radical (unpaired) electrons. The maximum atomic E-state index is 10.6. The van der Waals surface area contributed by atoms with Crippen molar-refractivity contribution < 1.29 is 28.8 Å². The molecule has 0 aromatic rings. The minimum absolute atomic E-state index is 0.0609. The molecule has 0 aliphatic heterocycles. The number of hydrogen-bond donors (Lipinski definition) is 0. The summed E-state index contributed by atoms with van der Waals surface area (Å²) in [6.07, 6.45) is 6.52. The first kappa shape index (κ1) is 20.9. The van der Waals surface area contributed by atoms with Gasteiger partial charge in [0.25, 0.3) is 0 Å². The number of hydrogen-bond acceptors (Lipinski definition) is 4. The van der Waals surface area contributed by atoms with Crippen LogP contribution < -0.4 is 10.2 Å². The lowest BCUT2D eigenvalue weighted by molar-refractivity contribution is -0.885. The molecule has 0 saturated heterocycles. The van der Waals surface area contributed by atoms with E-state index in [0.717, 1.165) is 51.6 Å². The van der Waals surface area contributed by atoms with Gasteiger partial charge in [0.2, 0.25) is 0 Å². The number of carbonyl (C=O) groups excluding carboxylic acids is 2. The summed E-state index contributed by atoms with van der Waals surface area (Å²) in [5.41, 5.74) is 0. The van der Waals surface area contributed by atoms with Crippen molar-refractivity contribution >= 4 is 11.9 Å². The summed E-state index contributed by atoms with van der Waals surface area (Å²) in [6, 6.07) is 0. The van der Waals surface area contributed by atoms with Crippen molar-refractivity contribution in [3.63, 3.8) is 0 Å². The van der Waals surface area contributed by atoms with E-state index >= 15 is 0 Å². The Hall–Kier alpha value is -1.14. The molecule has 0 heterocycles. The minimum Gasteiger partial charge on any atom is -0.544 e. The molecule has 0 aliphatic carbocycles. The monoisotopic (exact) mass is 316 g/mol. The quantitative estimate of drug-likeness (QED) is 0.322. The van der Waals surface area contributed by atoms with Crippen LogP contribution in [0.2, 0.25) is 0 Å². The molecular weight excluding hydrogens is 284 g/mol. The molecule has 0 N–H and O–H groups in total.